The van der Waals surface area contributed by atoms with Gasteiger partial charge in [-0.15, -0.1) is 0 Å². The first-order valence-corrected chi connectivity index (χ1v) is 8.52. The molecule has 4 heteroatoms. The summed E-state index contributed by atoms with van der Waals surface area (Å²) in [5, 5.41) is 5.85. The molecular weight excluding hydrogens is 439 g/mol. The Morgan fingerprint density at radius 3 is 2.81 bits per heavy atom. The van der Waals surface area contributed by atoms with E-state index in [0.717, 1.165) is 4.47 Å². The lowest BCUT2D eigenvalue weighted by Crippen LogP contribution is -2.19. The van der Waals surface area contributed by atoms with Crippen LogP contribution in [0.3, 0.4) is 0 Å². The van der Waals surface area contributed by atoms with Crippen molar-refractivity contribution < 1.29 is 0 Å². The number of hydrogen-bond acceptors (Lipinski definition) is 2. The van der Waals surface area contributed by atoms with Crippen molar-refractivity contribution in [2.45, 2.75) is 6.04 Å². The summed E-state index contributed by atoms with van der Waals surface area (Å²) in [6.45, 7) is 0. The summed E-state index contributed by atoms with van der Waals surface area (Å²) in [5.41, 5.74) is 2.52. The quantitative estimate of drug-likeness (QED) is 0.571. The summed E-state index contributed by atoms with van der Waals surface area (Å²) >= 11 is 5.96. The number of fused-ring (bicyclic) bond motifs is 1. The van der Waals surface area contributed by atoms with Crippen LogP contribution in [0.1, 0.15) is 17.2 Å². The number of hydrogen-bond donors (Lipinski definition) is 1. The predicted octanol–water partition coefficient (Wildman–Crippen LogP) is 4.91. The summed E-state index contributed by atoms with van der Waals surface area (Å²) < 4.78 is 2.34. The van der Waals surface area contributed by atoms with Crippen molar-refractivity contribution in [3.63, 3.8) is 0 Å². The lowest BCUT2D eigenvalue weighted by Gasteiger charge is -2.20. The molecule has 0 saturated carbocycles. The van der Waals surface area contributed by atoms with Gasteiger partial charge in [0.1, 0.15) is 0 Å². The minimum atomic E-state index is 0.141. The molecule has 0 bridgehead atoms. The SMILES string of the molecule is CNC(c1cc(Br)ccc1I)c1cccc2ccncc12. The number of nitrogens with one attached hydrogen (secondary N) is 1. The molecule has 3 rings (SSSR count). The fourth-order valence-corrected chi connectivity index (χ4v) is 3.63. The molecule has 21 heavy (non-hydrogen) atoms. The normalized spacial score (nSPS) is 12.5. The standard InChI is InChI=1S/C17H14BrIN2/c1-20-17(14-9-12(18)5-6-16(14)19)13-4-2-3-11-7-8-21-10-15(11)13/h2-10,17,20H,1H3. The van der Waals surface area contributed by atoms with E-state index >= 15 is 0 Å². The maximum Gasteiger partial charge on any atom is 0.0591 e. The fraction of sp³-hybridized carbons (Fsp3) is 0.118. The van der Waals surface area contributed by atoms with E-state index in [1.807, 2.05) is 19.4 Å². The summed E-state index contributed by atoms with van der Waals surface area (Å²) in [7, 11) is 2.00. The Morgan fingerprint density at radius 1 is 1.14 bits per heavy atom. The molecule has 0 radical (unpaired) electrons. The van der Waals surface area contributed by atoms with Crippen LogP contribution in [0.25, 0.3) is 10.8 Å². The lowest BCUT2D eigenvalue weighted by atomic mass is 9.95. The molecule has 1 atom stereocenters. The highest BCUT2D eigenvalue weighted by Gasteiger charge is 2.17. The van der Waals surface area contributed by atoms with Crippen molar-refractivity contribution >= 4 is 49.3 Å². The van der Waals surface area contributed by atoms with Crippen LogP contribution in [0.5, 0.6) is 0 Å². The molecule has 0 aliphatic carbocycles. The Hall–Kier alpha value is -0.980. The monoisotopic (exact) mass is 452 g/mol. The van der Waals surface area contributed by atoms with E-state index in [1.165, 1.54) is 25.5 Å². The first-order valence-electron chi connectivity index (χ1n) is 6.65. The summed E-state index contributed by atoms with van der Waals surface area (Å²) in [4.78, 5) is 4.28. The van der Waals surface area contributed by atoms with E-state index in [4.69, 9.17) is 0 Å². The number of rotatable bonds is 3. The van der Waals surface area contributed by atoms with Crippen molar-refractivity contribution in [3.05, 3.63) is 74.0 Å². The van der Waals surface area contributed by atoms with Crippen molar-refractivity contribution in [2.24, 2.45) is 0 Å². The second kappa shape index (κ2) is 6.42. The molecule has 0 amide bonds. The van der Waals surface area contributed by atoms with Gasteiger partial charge in [0.05, 0.1) is 6.04 Å². The second-order valence-corrected chi connectivity index (χ2v) is 6.91. The molecule has 1 unspecified atom stereocenters. The summed E-state index contributed by atoms with van der Waals surface area (Å²) in [6.07, 6.45) is 3.78. The topological polar surface area (TPSA) is 24.9 Å². The van der Waals surface area contributed by atoms with Gasteiger partial charge in [-0.1, -0.05) is 34.1 Å². The molecule has 0 fully saturated rings. The number of benzene rings is 2. The second-order valence-electron chi connectivity index (χ2n) is 4.83. The molecule has 2 nitrogen and oxygen atoms in total. The van der Waals surface area contributed by atoms with Gasteiger partial charge in [-0.05, 0) is 70.4 Å². The highest BCUT2D eigenvalue weighted by atomic mass is 127. The molecule has 1 N–H and O–H groups in total. The van der Waals surface area contributed by atoms with Gasteiger partial charge in [0.15, 0.2) is 0 Å². The van der Waals surface area contributed by atoms with Crippen LogP contribution in [0.4, 0.5) is 0 Å². The molecule has 3 aromatic rings. The minimum Gasteiger partial charge on any atom is -0.309 e. The molecule has 0 saturated heterocycles. The van der Waals surface area contributed by atoms with Gasteiger partial charge in [-0.3, -0.25) is 4.98 Å². The van der Waals surface area contributed by atoms with Crippen LogP contribution in [-0.4, -0.2) is 12.0 Å². The smallest absolute Gasteiger partial charge is 0.0591 e. The first kappa shape index (κ1) is 14.9. The zero-order valence-electron chi connectivity index (χ0n) is 11.5. The number of nitrogens with zero attached hydrogens (tertiary/aromatic N) is 1. The van der Waals surface area contributed by atoms with Crippen LogP contribution in [0, 0.1) is 3.57 Å². The highest BCUT2D eigenvalue weighted by molar-refractivity contribution is 14.1. The van der Waals surface area contributed by atoms with Crippen LogP contribution < -0.4 is 5.32 Å². The third-order valence-corrected chi connectivity index (χ3v) is 5.06. The number of halogens is 2. The van der Waals surface area contributed by atoms with Gasteiger partial charge >= 0.3 is 0 Å². The maximum absolute atomic E-state index is 4.28. The molecular formula is C17H14BrIN2. The van der Waals surface area contributed by atoms with E-state index in [9.17, 15) is 0 Å². The van der Waals surface area contributed by atoms with Crippen LogP contribution >= 0.6 is 38.5 Å². The van der Waals surface area contributed by atoms with Gasteiger partial charge < -0.3 is 5.32 Å². The van der Waals surface area contributed by atoms with Crippen molar-refractivity contribution in [1.82, 2.24) is 10.3 Å². The van der Waals surface area contributed by atoms with Gasteiger partial charge in [0, 0.05) is 25.8 Å². The maximum atomic E-state index is 4.28. The van der Waals surface area contributed by atoms with E-state index in [1.54, 1.807) is 0 Å². The van der Waals surface area contributed by atoms with Crippen LogP contribution in [-0.2, 0) is 0 Å². The number of aromatic nitrogens is 1. The Morgan fingerprint density at radius 2 is 2.00 bits per heavy atom. The molecule has 1 aromatic heterocycles. The average Bonchev–Trinajstić information content (AvgIpc) is 2.51. The van der Waals surface area contributed by atoms with Crippen molar-refractivity contribution in [2.75, 3.05) is 7.05 Å². The molecule has 0 spiro atoms. The zero-order valence-corrected chi connectivity index (χ0v) is 15.2. The van der Waals surface area contributed by atoms with Gasteiger partial charge in [-0.25, -0.2) is 0 Å². The Bertz CT molecular complexity index is 783. The minimum absolute atomic E-state index is 0.141. The third-order valence-electron chi connectivity index (χ3n) is 3.59. The Labute approximate surface area is 146 Å². The molecule has 106 valence electrons. The number of pyridine rings is 1. The predicted molar refractivity (Wildman–Crippen MR) is 99.5 cm³/mol. The summed E-state index contributed by atoms with van der Waals surface area (Å²) in [6, 6.07) is 15.0. The van der Waals surface area contributed by atoms with E-state index in [2.05, 4.69) is 91.3 Å². The van der Waals surface area contributed by atoms with Crippen LogP contribution in [0.2, 0.25) is 0 Å². The molecule has 0 aliphatic heterocycles. The fourth-order valence-electron chi connectivity index (χ4n) is 2.60. The highest BCUT2D eigenvalue weighted by Crippen LogP contribution is 2.32. The van der Waals surface area contributed by atoms with Gasteiger partial charge in [-0.2, -0.15) is 0 Å². The molecule has 2 aromatic carbocycles. The largest absolute Gasteiger partial charge is 0.309 e. The van der Waals surface area contributed by atoms with Gasteiger partial charge in [0.2, 0.25) is 0 Å². The van der Waals surface area contributed by atoms with Crippen LogP contribution in [0.15, 0.2) is 59.3 Å². The Kier molecular flexibility index (Phi) is 4.57. The zero-order chi connectivity index (χ0) is 14.8. The van der Waals surface area contributed by atoms with E-state index < -0.39 is 0 Å². The van der Waals surface area contributed by atoms with Crippen molar-refractivity contribution in [3.8, 4) is 0 Å². The first-order chi connectivity index (χ1) is 10.2. The summed E-state index contributed by atoms with van der Waals surface area (Å²) in [5.74, 6) is 0. The molecule has 1 heterocycles. The van der Waals surface area contributed by atoms with E-state index in [-0.39, 0.29) is 6.04 Å². The lowest BCUT2D eigenvalue weighted by molar-refractivity contribution is 0.693. The van der Waals surface area contributed by atoms with Gasteiger partial charge in [0.25, 0.3) is 0 Å². The molecule has 0 aliphatic rings. The third kappa shape index (κ3) is 2.98. The van der Waals surface area contributed by atoms with E-state index in [0.29, 0.717) is 0 Å². The average molecular weight is 453 g/mol. The van der Waals surface area contributed by atoms with Crippen molar-refractivity contribution in [1.29, 1.82) is 0 Å². The Balaban J connectivity index is 2.21.